The Morgan fingerprint density at radius 2 is 1.76 bits per heavy atom. The molecule has 2 aliphatic heterocycles. The van der Waals surface area contributed by atoms with Crippen LogP contribution in [0.1, 0.15) is 74.9 Å². The van der Waals surface area contributed by atoms with E-state index in [4.69, 9.17) is 4.98 Å². The van der Waals surface area contributed by atoms with Gasteiger partial charge in [0.1, 0.15) is 11.9 Å². The van der Waals surface area contributed by atoms with Gasteiger partial charge in [0.05, 0.1) is 0 Å². The zero-order valence-electron chi connectivity index (χ0n) is 14.7. The van der Waals surface area contributed by atoms with Gasteiger partial charge in [0.2, 0.25) is 5.91 Å². The maximum Gasteiger partial charge on any atom is 0.241 e. The Balaban J connectivity index is 1.19. The largest absolute Gasteiger partial charge is 0.341 e. The van der Waals surface area contributed by atoms with Gasteiger partial charge >= 0.3 is 0 Å². The average Bonchev–Trinajstić information content (AvgIpc) is 3.23. The molecule has 3 N–H and O–H groups in total. The second kappa shape index (κ2) is 6.36. The minimum Gasteiger partial charge on any atom is -0.341 e. The Labute approximate surface area is 148 Å². The van der Waals surface area contributed by atoms with Crippen LogP contribution in [0.5, 0.6) is 0 Å². The first-order chi connectivity index (χ1) is 12.3. The first kappa shape index (κ1) is 15.8. The molecule has 1 aromatic heterocycles. The number of aromatic nitrogens is 3. The highest BCUT2D eigenvalue weighted by molar-refractivity contribution is 5.82. The zero-order valence-corrected chi connectivity index (χ0v) is 14.7. The molecular formula is C18H28N6O. The number of hydrogen-bond acceptors (Lipinski definition) is 5. The summed E-state index contributed by atoms with van der Waals surface area (Å²) < 4.78 is 0. The third-order valence-corrected chi connectivity index (χ3v) is 6.59. The SMILES string of the molecule is O=C(C1NNC2CCCCC21)N1CCC(c2nc(C3CC3)n[nH]2)CC1. The van der Waals surface area contributed by atoms with Crippen LogP contribution < -0.4 is 10.9 Å². The standard InChI is InChI=1S/C18H28N6O/c25-18(15-13-3-1-2-4-14(13)20-21-15)24-9-7-12(8-10-24)17-19-16(22-23-17)11-5-6-11/h11-15,20-21H,1-10H2,(H,19,22,23). The van der Waals surface area contributed by atoms with E-state index < -0.39 is 0 Å². The van der Waals surface area contributed by atoms with Gasteiger partial charge in [-0.15, -0.1) is 0 Å². The van der Waals surface area contributed by atoms with E-state index in [2.05, 4.69) is 25.9 Å². The molecule has 2 saturated carbocycles. The van der Waals surface area contributed by atoms with Crippen LogP contribution in [0.4, 0.5) is 0 Å². The number of piperidine rings is 1. The number of fused-ring (bicyclic) bond motifs is 1. The van der Waals surface area contributed by atoms with Crippen LogP contribution in [-0.2, 0) is 4.79 Å². The molecule has 0 aromatic carbocycles. The Morgan fingerprint density at radius 3 is 2.56 bits per heavy atom. The van der Waals surface area contributed by atoms with Crippen molar-refractivity contribution < 1.29 is 4.79 Å². The molecular weight excluding hydrogens is 316 g/mol. The highest BCUT2D eigenvalue weighted by atomic mass is 16.2. The summed E-state index contributed by atoms with van der Waals surface area (Å²) in [5.74, 6) is 3.79. The Bertz CT molecular complexity index is 633. The third-order valence-electron chi connectivity index (χ3n) is 6.59. The second-order valence-electron chi connectivity index (χ2n) is 8.27. The molecule has 2 saturated heterocycles. The fraction of sp³-hybridized carbons (Fsp3) is 0.833. The van der Waals surface area contributed by atoms with Gasteiger partial charge in [-0.3, -0.25) is 15.3 Å². The van der Waals surface area contributed by atoms with Gasteiger partial charge in [-0.05, 0) is 38.5 Å². The maximum absolute atomic E-state index is 13.0. The van der Waals surface area contributed by atoms with E-state index in [1.807, 2.05) is 0 Å². The number of nitrogens with zero attached hydrogens (tertiary/aromatic N) is 3. The van der Waals surface area contributed by atoms with Crippen molar-refractivity contribution in [3.05, 3.63) is 11.6 Å². The van der Waals surface area contributed by atoms with E-state index in [-0.39, 0.29) is 11.9 Å². The summed E-state index contributed by atoms with van der Waals surface area (Å²) in [5, 5.41) is 7.53. The topological polar surface area (TPSA) is 85.9 Å². The molecule has 7 nitrogen and oxygen atoms in total. The van der Waals surface area contributed by atoms with Crippen LogP contribution in [0.15, 0.2) is 0 Å². The predicted octanol–water partition coefficient (Wildman–Crippen LogP) is 1.42. The Hall–Kier alpha value is -1.47. The van der Waals surface area contributed by atoms with E-state index in [1.54, 1.807) is 0 Å². The minimum absolute atomic E-state index is 0.0337. The number of hydrogen-bond donors (Lipinski definition) is 3. The van der Waals surface area contributed by atoms with Gasteiger partial charge in [-0.2, -0.15) is 5.10 Å². The maximum atomic E-state index is 13.0. The van der Waals surface area contributed by atoms with Gasteiger partial charge in [-0.1, -0.05) is 12.8 Å². The van der Waals surface area contributed by atoms with E-state index in [9.17, 15) is 4.79 Å². The number of nitrogens with one attached hydrogen (secondary N) is 3. The molecule has 2 aliphatic carbocycles. The van der Waals surface area contributed by atoms with Crippen molar-refractivity contribution in [1.82, 2.24) is 30.9 Å². The number of H-pyrrole nitrogens is 1. The summed E-state index contributed by atoms with van der Waals surface area (Å²) in [5.41, 5.74) is 6.65. The van der Waals surface area contributed by atoms with Gasteiger partial charge in [0.25, 0.3) is 0 Å². The quantitative estimate of drug-likeness (QED) is 0.772. The summed E-state index contributed by atoms with van der Waals surface area (Å²) in [6, 6.07) is 0.448. The molecule has 1 aromatic rings. The molecule has 136 valence electrons. The molecule has 3 heterocycles. The van der Waals surface area contributed by atoms with Crippen LogP contribution in [0.3, 0.4) is 0 Å². The fourth-order valence-corrected chi connectivity index (χ4v) is 4.85. The van der Waals surface area contributed by atoms with Crippen molar-refractivity contribution in [2.45, 2.75) is 75.3 Å². The monoisotopic (exact) mass is 344 g/mol. The number of hydrazine groups is 1. The molecule has 0 bridgehead atoms. The molecule has 25 heavy (non-hydrogen) atoms. The van der Waals surface area contributed by atoms with Crippen molar-refractivity contribution >= 4 is 5.91 Å². The van der Waals surface area contributed by atoms with E-state index in [1.165, 1.54) is 38.5 Å². The summed E-state index contributed by atoms with van der Waals surface area (Å²) >= 11 is 0. The lowest BCUT2D eigenvalue weighted by molar-refractivity contribution is -0.135. The Morgan fingerprint density at radius 1 is 0.960 bits per heavy atom. The smallest absolute Gasteiger partial charge is 0.241 e. The number of carbonyl (C=O) groups excluding carboxylic acids is 1. The van der Waals surface area contributed by atoms with Crippen molar-refractivity contribution in [2.24, 2.45) is 5.92 Å². The highest BCUT2D eigenvalue weighted by Gasteiger charge is 2.43. The normalized spacial score (nSPS) is 33.4. The summed E-state index contributed by atoms with van der Waals surface area (Å²) in [6.45, 7) is 1.66. The number of likely N-dealkylation sites (tertiary alicyclic amines) is 1. The number of amides is 1. The first-order valence-corrected chi connectivity index (χ1v) is 10.0. The zero-order chi connectivity index (χ0) is 16.8. The second-order valence-corrected chi connectivity index (χ2v) is 8.27. The lowest BCUT2D eigenvalue weighted by atomic mass is 9.81. The molecule has 4 fully saturated rings. The van der Waals surface area contributed by atoms with E-state index >= 15 is 0 Å². The van der Waals surface area contributed by atoms with Gasteiger partial charge in [0, 0.05) is 36.9 Å². The molecule has 5 rings (SSSR count). The van der Waals surface area contributed by atoms with Crippen LogP contribution in [-0.4, -0.2) is 51.2 Å². The molecule has 0 spiro atoms. The molecule has 3 atom stereocenters. The molecule has 3 unspecified atom stereocenters. The summed E-state index contributed by atoms with van der Waals surface area (Å²) in [6.07, 6.45) is 9.33. The van der Waals surface area contributed by atoms with Crippen molar-refractivity contribution in [3.63, 3.8) is 0 Å². The van der Waals surface area contributed by atoms with E-state index in [0.29, 0.717) is 23.8 Å². The first-order valence-electron chi connectivity index (χ1n) is 10.0. The van der Waals surface area contributed by atoms with Crippen LogP contribution >= 0.6 is 0 Å². The van der Waals surface area contributed by atoms with Crippen molar-refractivity contribution in [2.75, 3.05) is 13.1 Å². The van der Waals surface area contributed by atoms with Gasteiger partial charge < -0.3 is 4.90 Å². The van der Waals surface area contributed by atoms with Crippen molar-refractivity contribution in [3.8, 4) is 0 Å². The lowest BCUT2D eigenvalue weighted by Crippen LogP contribution is -2.50. The molecule has 1 amide bonds. The summed E-state index contributed by atoms with van der Waals surface area (Å²) in [7, 11) is 0. The third kappa shape index (κ3) is 2.97. The average molecular weight is 344 g/mol. The molecule has 7 heteroatoms. The van der Waals surface area contributed by atoms with Crippen LogP contribution in [0.25, 0.3) is 0 Å². The predicted molar refractivity (Wildman–Crippen MR) is 92.7 cm³/mol. The Kier molecular flexibility index (Phi) is 4.01. The minimum atomic E-state index is -0.0337. The van der Waals surface area contributed by atoms with Gasteiger partial charge in [0.15, 0.2) is 5.82 Å². The number of carbonyl (C=O) groups is 1. The van der Waals surface area contributed by atoms with Gasteiger partial charge in [-0.25, -0.2) is 10.4 Å². The van der Waals surface area contributed by atoms with Crippen LogP contribution in [0, 0.1) is 5.92 Å². The number of rotatable bonds is 3. The van der Waals surface area contributed by atoms with E-state index in [0.717, 1.165) is 37.6 Å². The summed E-state index contributed by atoms with van der Waals surface area (Å²) in [4.78, 5) is 19.8. The van der Waals surface area contributed by atoms with Crippen LogP contribution in [0.2, 0.25) is 0 Å². The lowest BCUT2D eigenvalue weighted by Gasteiger charge is -2.34. The highest BCUT2D eigenvalue weighted by Crippen LogP contribution is 2.39. The molecule has 4 aliphatic rings. The fourth-order valence-electron chi connectivity index (χ4n) is 4.85. The van der Waals surface area contributed by atoms with Crippen molar-refractivity contribution in [1.29, 1.82) is 0 Å². The number of aromatic amines is 1. The molecule has 0 radical (unpaired) electrons.